The fourth-order valence-electron chi connectivity index (χ4n) is 4.86. The quantitative estimate of drug-likeness (QED) is 0.443. The molecule has 2 aliphatic rings. The zero-order chi connectivity index (χ0) is 24.3. The molecular weight excluding hydrogens is 452 g/mol. The monoisotopic (exact) mass is 475 g/mol. The smallest absolute Gasteiger partial charge is 0.288 e. The number of hydrogen-bond acceptors (Lipinski definition) is 5. The van der Waals surface area contributed by atoms with Crippen molar-refractivity contribution in [2.75, 3.05) is 18.8 Å². The number of nitrogen functional groups attached to an aromatic ring is 1. The normalized spacial score (nSPS) is 18.1. The first-order chi connectivity index (χ1) is 16.9. The molecular formula is C25H23F2N7O. The van der Waals surface area contributed by atoms with E-state index in [-0.39, 0.29) is 23.1 Å². The maximum atomic E-state index is 15.2. The third kappa shape index (κ3) is 3.55. The zero-order valence-corrected chi connectivity index (χ0v) is 19.1. The van der Waals surface area contributed by atoms with Crippen LogP contribution < -0.4 is 11.3 Å². The van der Waals surface area contributed by atoms with Gasteiger partial charge in [-0.05, 0) is 32.4 Å². The number of H-pyrrole nitrogens is 1. The van der Waals surface area contributed by atoms with Crippen LogP contribution in [0.1, 0.15) is 55.0 Å². The Kier molecular flexibility index (Phi) is 4.88. The van der Waals surface area contributed by atoms with E-state index < -0.39 is 17.2 Å². The number of halogens is 2. The summed E-state index contributed by atoms with van der Waals surface area (Å²) in [7, 11) is 0. The Balaban J connectivity index is 1.46. The number of aromatic nitrogens is 5. The molecule has 178 valence electrons. The van der Waals surface area contributed by atoms with E-state index in [1.165, 1.54) is 10.6 Å². The molecule has 0 spiro atoms. The molecule has 0 bridgehead atoms. The minimum atomic E-state index is -0.810. The van der Waals surface area contributed by atoms with Crippen molar-refractivity contribution in [2.45, 2.75) is 38.1 Å². The van der Waals surface area contributed by atoms with Gasteiger partial charge in [-0.15, -0.1) is 0 Å². The number of anilines is 1. The minimum Gasteiger partial charge on any atom is -0.382 e. The molecule has 6 rings (SSSR count). The van der Waals surface area contributed by atoms with Gasteiger partial charge >= 0.3 is 0 Å². The van der Waals surface area contributed by atoms with Crippen LogP contribution in [0.5, 0.6) is 0 Å². The maximum absolute atomic E-state index is 15.2. The van der Waals surface area contributed by atoms with E-state index in [2.05, 4.69) is 31.9 Å². The van der Waals surface area contributed by atoms with Gasteiger partial charge in [0, 0.05) is 37.6 Å². The van der Waals surface area contributed by atoms with E-state index in [9.17, 15) is 9.18 Å². The summed E-state index contributed by atoms with van der Waals surface area (Å²) in [6, 6.07) is 0.0164. The predicted molar refractivity (Wildman–Crippen MR) is 128 cm³/mol. The second-order valence-corrected chi connectivity index (χ2v) is 9.12. The van der Waals surface area contributed by atoms with Crippen molar-refractivity contribution in [3.05, 3.63) is 69.7 Å². The standard InChI is InChI=1S/C25H23F2N7O/c1-2-8-32-9-7-16(11-32)34-10-15(20-22(34)25(35)31-30-23(20)28)5-6-17-18(26)12-33-13-19(14-3-4-14)29-24(33)21(17)27/h2,8,10,12-14,16H,3-4,7,9,11H2,1H3,(H2,28,30)(H,31,35)/t16-/m0/s1. The average Bonchev–Trinajstić information content (AvgIpc) is 3.24. The van der Waals surface area contributed by atoms with Crippen LogP contribution in [-0.4, -0.2) is 42.1 Å². The summed E-state index contributed by atoms with van der Waals surface area (Å²) in [6.45, 7) is 3.51. The number of nitrogens with one attached hydrogen (secondary N) is 1. The van der Waals surface area contributed by atoms with E-state index in [0.29, 0.717) is 28.9 Å². The van der Waals surface area contributed by atoms with Crippen molar-refractivity contribution >= 4 is 22.4 Å². The van der Waals surface area contributed by atoms with Gasteiger partial charge in [-0.1, -0.05) is 17.9 Å². The van der Waals surface area contributed by atoms with Crippen molar-refractivity contribution in [1.82, 2.24) is 29.0 Å². The molecule has 1 saturated heterocycles. The van der Waals surface area contributed by atoms with E-state index in [1.54, 1.807) is 12.4 Å². The molecule has 1 atom stereocenters. The topological polar surface area (TPSA) is 97.2 Å². The molecule has 0 radical (unpaired) electrons. The summed E-state index contributed by atoms with van der Waals surface area (Å²) < 4.78 is 33.3. The summed E-state index contributed by atoms with van der Waals surface area (Å²) in [6.07, 6.45) is 11.4. The van der Waals surface area contributed by atoms with E-state index in [4.69, 9.17) is 5.73 Å². The highest BCUT2D eigenvalue weighted by atomic mass is 19.1. The summed E-state index contributed by atoms with van der Waals surface area (Å²) in [5, 5.41) is 6.69. The number of imidazole rings is 1. The zero-order valence-electron chi connectivity index (χ0n) is 19.1. The van der Waals surface area contributed by atoms with Crippen LogP contribution in [0.3, 0.4) is 0 Å². The molecule has 0 unspecified atom stereocenters. The van der Waals surface area contributed by atoms with Crippen molar-refractivity contribution in [3.63, 3.8) is 0 Å². The van der Waals surface area contributed by atoms with Crippen LogP contribution in [-0.2, 0) is 0 Å². The number of likely N-dealkylation sites (tertiary alicyclic amines) is 1. The highest BCUT2D eigenvalue weighted by molar-refractivity contribution is 5.94. The molecule has 1 saturated carbocycles. The third-order valence-corrected chi connectivity index (χ3v) is 6.71. The van der Waals surface area contributed by atoms with Gasteiger partial charge in [0.15, 0.2) is 23.1 Å². The maximum Gasteiger partial charge on any atom is 0.288 e. The fourth-order valence-corrected chi connectivity index (χ4v) is 4.86. The molecule has 2 fully saturated rings. The molecule has 0 aromatic carbocycles. The van der Waals surface area contributed by atoms with Crippen molar-refractivity contribution in [2.24, 2.45) is 0 Å². The van der Waals surface area contributed by atoms with Crippen molar-refractivity contribution in [1.29, 1.82) is 0 Å². The van der Waals surface area contributed by atoms with Crippen LogP contribution in [0, 0.1) is 23.5 Å². The Labute approximate surface area is 199 Å². The molecule has 3 N–H and O–H groups in total. The van der Waals surface area contributed by atoms with Gasteiger partial charge in [-0.25, -0.2) is 18.9 Å². The Bertz CT molecular complexity index is 1630. The van der Waals surface area contributed by atoms with Gasteiger partial charge in [0.25, 0.3) is 5.56 Å². The van der Waals surface area contributed by atoms with Gasteiger partial charge in [0.1, 0.15) is 11.1 Å². The summed E-state index contributed by atoms with van der Waals surface area (Å²) >= 11 is 0. The molecule has 4 aromatic heterocycles. The molecule has 1 aliphatic carbocycles. The molecule has 4 aromatic rings. The van der Waals surface area contributed by atoms with Crippen LogP contribution >= 0.6 is 0 Å². The number of pyridine rings is 1. The van der Waals surface area contributed by atoms with Crippen LogP contribution in [0.4, 0.5) is 14.6 Å². The number of nitrogens with zero attached hydrogens (tertiary/aromatic N) is 5. The van der Waals surface area contributed by atoms with Gasteiger partial charge in [0.2, 0.25) is 0 Å². The lowest BCUT2D eigenvalue weighted by Crippen LogP contribution is -2.19. The van der Waals surface area contributed by atoms with Gasteiger partial charge in [0.05, 0.1) is 22.7 Å². The second-order valence-electron chi connectivity index (χ2n) is 9.12. The molecule has 10 heteroatoms. The number of allylic oxidation sites excluding steroid dienone is 1. The number of nitrogens with two attached hydrogens (primary N) is 1. The second kappa shape index (κ2) is 7.98. The molecule has 35 heavy (non-hydrogen) atoms. The number of aromatic amines is 1. The molecule has 1 aliphatic heterocycles. The van der Waals surface area contributed by atoms with E-state index in [0.717, 1.165) is 31.5 Å². The summed E-state index contributed by atoms with van der Waals surface area (Å²) in [5.41, 5.74) is 6.90. The Morgan fingerprint density at radius 3 is 2.80 bits per heavy atom. The SMILES string of the molecule is CC=CN1CC[C@H](n2cc(C#Cc3c(F)cn4cc(C5CC5)nc4c3F)c3c(N)n[nH]c(=O)c32)C1. The van der Waals surface area contributed by atoms with Crippen LogP contribution in [0.25, 0.3) is 16.6 Å². The summed E-state index contributed by atoms with van der Waals surface area (Å²) in [5.74, 6) is 4.30. The number of hydrogen-bond donors (Lipinski definition) is 2. The first kappa shape index (κ1) is 21.4. The molecule has 0 amide bonds. The largest absolute Gasteiger partial charge is 0.382 e. The van der Waals surface area contributed by atoms with Crippen LogP contribution in [0.2, 0.25) is 0 Å². The van der Waals surface area contributed by atoms with Gasteiger partial charge < -0.3 is 19.6 Å². The molecule has 5 heterocycles. The number of rotatable bonds is 3. The lowest BCUT2D eigenvalue weighted by molar-refractivity contribution is 0.436. The highest BCUT2D eigenvalue weighted by Crippen LogP contribution is 2.39. The Hall–Kier alpha value is -4.13. The lowest BCUT2D eigenvalue weighted by Gasteiger charge is -2.15. The van der Waals surface area contributed by atoms with E-state index in [1.807, 2.05) is 23.8 Å². The lowest BCUT2D eigenvalue weighted by atomic mass is 10.2. The highest BCUT2D eigenvalue weighted by Gasteiger charge is 2.28. The van der Waals surface area contributed by atoms with E-state index >= 15 is 4.39 Å². The van der Waals surface area contributed by atoms with Gasteiger partial charge in [-0.3, -0.25) is 4.79 Å². The van der Waals surface area contributed by atoms with Crippen molar-refractivity contribution < 1.29 is 8.78 Å². The van der Waals surface area contributed by atoms with Gasteiger partial charge in [-0.2, -0.15) is 5.10 Å². The first-order valence-electron chi connectivity index (χ1n) is 11.6. The Morgan fingerprint density at radius 2 is 2.03 bits per heavy atom. The fraction of sp³-hybridized carbons (Fsp3) is 0.320. The first-order valence-corrected chi connectivity index (χ1v) is 11.6. The van der Waals surface area contributed by atoms with Crippen molar-refractivity contribution in [3.8, 4) is 11.8 Å². The van der Waals surface area contributed by atoms with Crippen LogP contribution in [0.15, 0.2) is 35.7 Å². The Morgan fingerprint density at radius 1 is 1.20 bits per heavy atom. The predicted octanol–water partition coefficient (Wildman–Crippen LogP) is 3.29. The average molecular weight is 476 g/mol. The third-order valence-electron chi connectivity index (χ3n) is 6.71. The minimum absolute atomic E-state index is 0.0164. The summed E-state index contributed by atoms with van der Waals surface area (Å²) in [4.78, 5) is 19.2. The molecule has 8 nitrogen and oxygen atoms in total. The number of fused-ring (bicyclic) bond motifs is 2.